The zero-order valence-corrected chi connectivity index (χ0v) is 17.1. The van der Waals surface area contributed by atoms with Gasteiger partial charge in [0.25, 0.3) is 11.6 Å². The Morgan fingerprint density at radius 2 is 1.73 bits per heavy atom. The number of nitrogens with zero attached hydrogens (tertiary/aromatic N) is 4. The Balaban J connectivity index is 1.24. The van der Waals surface area contributed by atoms with E-state index in [4.69, 9.17) is 9.51 Å². The van der Waals surface area contributed by atoms with E-state index < -0.39 is 0 Å². The molecule has 0 spiro atoms. The number of carbonyl (C=O) groups excluding carboxylic acids is 1. The first-order valence-electron chi connectivity index (χ1n) is 11.1. The Labute approximate surface area is 175 Å². The van der Waals surface area contributed by atoms with E-state index in [-0.39, 0.29) is 5.91 Å². The molecule has 154 valence electrons. The Morgan fingerprint density at radius 3 is 2.43 bits per heavy atom. The lowest BCUT2D eigenvalue weighted by Crippen LogP contribution is -2.48. The number of aromatic nitrogens is 2. The van der Waals surface area contributed by atoms with Crippen molar-refractivity contribution >= 4 is 17.0 Å². The Bertz CT molecular complexity index is 1080. The Morgan fingerprint density at radius 1 is 1.00 bits per heavy atom. The third-order valence-corrected chi connectivity index (χ3v) is 6.59. The average molecular weight is 402 g/mol. The normalized spacial score (nSPS) is 20.1. The van der Waals surface area contributed by atoms with Crippen LogP contribution in [0.2, 0.25) is 0 Å². The summed E-state index contributed by atoms with van der Waals surface area (Å²) >= 11 is 0. The maximum atomic E-state index is 13.6. The second-order valence-electron chi connectivity index (χ2n) is 8.95. The summed E-state index contributed by atoms with van der Waals surface area (Å²) in [4.78, 5) is 22.7. The zero-order valence-electron chi connectivity index (χ0n) is 17.1. The van der Waals surface area contributed by atoms with Crippen molar-refractivity contribution in [3.8, 4) is 0 Å². The first kappa shape index (κ1) is 18.1. The van der Waals surface area contributed by atoms with Gasteiger partial charge in [-0.3, -0.25) is 9.69 Å². The summed E-state index contributed by atoms with van der Waals surface area (Å²) in [6, 6.07) is 12.6. The molecule has 2 saturated carbocycles. The minimum absolute atomic E-state index is 0.105. The molecule has 2 aliphatic carbocycles. The topological polar surface area (TPSA) is 62.5 Å². The molecule has 1 aliphatic heterocycles. The smallest absolute Gasteiger partial charge is 0.259 e. The monoisotopic (exact) mass is 402 g/mol. The van der Waals surface area contributed by atoms with Crippen LogP contribution in [-0.2, 0) is 6.54 Å². The van der Waals surface area contributed by atoms with Gasteiger partial charge >= 0.3 is 0 Å². The molecule has 1 saturated heterocycles. The molecule has 3 aromatic rings. The number of amides is 1. The van der Waals surface area contributed by atoms with E-state index >= 15 is 0 Å². The predicted molar refractivity (Wildman–Crippen MR) is 113 cm³/mol. The molecular weight excluding hydrogens is 376 g/mol. The molecule has 0 unspecified atom stereocenters. The quantitative estimate of drug-likeness (QED) is 0.647. The molecule has 3 heterocycles. The van der Waals surface area contributed by atoms with E-state index in [0.717, 1.165) is 80.7 Å². The second-order valence-corrected chi connectivity index (χ2v) is 8.95. The van der Waals surface area contributed by atoms with E-state index in [9.17, 15) is 4.79 Å². The highest BCUT2D eigenvalue weighted by Crippen LogP contribution is 2.45. The number of benzene rings is 1. The van der Waals surface area contributed by atoms with Crippen molar-refractivity contribution in [2.24, 2.45) is 0 Å². The molecule has 0 N–H and O–H groups in total. The number of fused-ring (bicyclic) bond motifs is 1. The highest BCUT2D eigenvalue weighted by Gasteiger charge is 2.35. The first-order valence-corrected chi connectivity index (χ1v) is 11.1. The van der Waals surface area contributed by atoms with Gasteiger partial charge in [-0.1, -0.05) is 35.5 Å². The van der Waals surface area contributed by atoms with Crippen LogP contribution in [0.4, 0.5) is 0 Å². The van der Waals surface area contributed by atoms with Gasteiger partial charge in [0.2, 0.25) is 0 Å². The lowest BCUT2D eigenvalue weighted by atomic mass is 10.0. The first-order chi connectivity index (χ1) is 14.8. The third kappa shape index (κ3) is 3.39. The lowest BCUT2D eigenvalue weighted by Gasteiger charge is -2.35. The van der Waals surface area contributed by atoms with Crippen LogP contribution in [0.15, 0.2) is 40.9 Å². The van der Waals surface area contributed by atoms with Crippen LogP contribution in [0.25, 0.3) is 11.1 Å². The van der Waals surface area contributed by atoms with Crippen molar-refractivity contribution in [2.75, 3.05) is 26.2 Å². The summed E-state index contributed by atoms with van der Waals surface area (Å²) in [5, 5.41) is 5.17. The van der Waals surface area contributed by atoms with E-state index in [1.54, 1.807) is 0 Å². The zero-order chi connectivity index (χ0) is 20.1. The van der Waals surface area contributed by atoms with Gasteiger partial charge in [-0.05, 0) is 37.3 Å². The van der Waals surface area contributed by atoms with Crippen LogP contribution < -0.4 is 0 Å². The van der Waals surface area contributed by atoms with Gasteiger partial charge in [0.1, 0.15) is 0 Å². The number of hydrogen-bond acceptors (Lipinski definition) is 5. The van der Waals surface area contributed by atoms with Gasteiger partial charge < -0.3 is 9.42 Å². The van der Waals surface area contributed by atoms with Gasteiger partial charge in [0, 0.05) is 50.3 Å². The maximum absolute atomic E-state index is 13.6. The molecule has 6 rings (SSSR count). The van der Waals surface area contributed by atoms with Crippen LogP contribution >= 0.6 is 0 Å². The van der Waals surface area contributed by atoms with E-state index in [0.29, 0.717) is 17.5 Å². The van der Waals surface area contributed by atoms with Crippen molar-refractivity contribution in [1.29, 1.82) is 0 Å². The number of carbonyl (C=O) groups is 1. The second kappa shape index (κ2) is 7.20. The molecule has 0 radical (unpaired) electrons. The van der Waals surface area contributed by atoms with Crippen molar-refractivity contribution in [3.05, 3.63) is 58.9 Å². The molecular formula is C24H26N4O2. The molecule has 6 heteroatoms. The molecule has 1 aromatic carbocycles. The fourth-order valence-corrected chi connectivity index (χ4v) is 4.51. The molecule has 1 amide bonds. The van der Waals surface area contributed by atoms with Crippen molar-refractivity contribution in [2.45, 2.75) is 44.1 Å². The Hall–Kier alpha value is -2.73. The molecule has 3 fully saturated rings. The maximum Gasteiger partial charge on any atom is 0.259 e. The fraction of sp³-hybridized carbons (Fsp3) is 0.458. The molecule has 30 heavy (non-hydrogen) atoms. The van der Waals surface area contributed by atoms with Gasteiger partial charge in [-0.25, -0.2) is 4.98 Å². The van der Waals surface area contributed by atoms with Crippen molar-refractivity contribution in [1.82, 2.24) is 19.9 Å². The van der Waals surface area contributed by atoms with Crippen LogP contribution in [0.1, 0.15) is 64.8 Å². The van der Waals surface area contributed by atoms with Gasteiger partial charge in [-0.2, -0.15) is 0 Å². The minimum Gasteiger partial charge on any atom is -0.336 e. The molecule has 3 aliphatic rings. The standard InChI is InChI=1S/C24H26N4O2/c29-24(28-12-10-27(11-13-28)15-16-4-2-1-3-5-16)19-14-20(17-6-7-17)25-23-21(19)22(26-30-23)18-8-9-18/h1-5,14,17-18H,6-13,15H2. The van der Waals surface area contributed by atoms with Crippen LogP contribution in [-0.4, -0.2) is 52.0 Å². The predicted octanol–water partition coefficient (Wildman–Crippen LogP) is 3.94. The molecule has 0 atom stereocenters. The van der Waals surface area contributed by atoms with E-state index in [1.165, 1.54) is 5.56 Å². The highest BCUT2D eigenvalue weighted by molar-refractivity contribution is 6.06. The van der Waals surface area contributed by atoms with Gasteiger partial charge in [0.15, 0.2) is 0 Å². The third-order valence-electron chi connectivity index (χ3n) is 6.59. The summed E-state index contributed by atoms with van der Waals surface area (Å²) in [7, 11) is 0. The Kier molecular flexibility index (Phi) is 4.34. The van der Waals surface area contributed by atoms with E-state index in [2.05, 4.69) is 34.3 Å². The summed E-state index contributed by atoms with van der Waals surface area (Å²) in [5.74, 6) is 1.00. The molecule has 2 aromatic heterocycles. The van der Waals surface area contributed by atoms with Gasteiger partial charge in [0.05, 0.1) is 16.6 Å². The molecule has 6 nitrogen and oxygen atoms in total. The van der Waals surface area contributed by atoms with Crippen LogP contribution in [0, 0.1) is 0 Å². The largest absolute Gasteiger partial charge is 0.336 e. The van der Waals surface area contributed by atoms with E-state index in [1.807, 2.05) is 17.0 Å². The summed E-state index contributed by atoms with van der Waals surface area (Å²) in [5.41, 5.74) is 4.55. The SMILES string of the molecule is O=C(c1cc(C2CC2)nc2onc(C3CC3)c12)N1CCN(Cc2ccccc2)CC1. The van der Waals surface area contributed by atoms with Crippen LogP contribution in [0.5, 0.6) is 0 Å². The number of pyridine rings is 1. The summed E-state index contributed by atoms with van der Waals surface area (Å²) in [6.07, 6.45) is 4.54. The van der Waals surface area contributed by atoms with Crippen molar-refractivity contribution in [3.63, 3.8) is 0 Å². The number of hydrogen-bond donors (Lipinski definition) is 0. The lowest BCUT2D eigenvalue weighted by molar-refractivity contribution is 0.0630. The van der Waals surface area contributed by atoms with Crippen molar-refractivity contribution < 1.29 is 9.32 Å². The minimum atomic E-state index is 0.105. The number of piperazine rings is 1. The summed E-state index contributed by atoms with van der Waals surface area (Å²) in [6.45, 7) is 4.22. The van der Waals surface area contributed by atoms with Crippen LogP contribution in [0.3, 0.4) is 0 Å². The fourth-order valence-electron chi connectivity index (χ4n) is 4.51. The highest BCUT2D eigenvalue weighted by atomic mass is 16.5. The summed E-state index contributed by atoms with van der Waals surface area (Å²) < 4.78 is 5.59. The average Bonchev–Trinajstić information content (AvgIpc) is 3.72. The van der Waals surface area contributed by atoms with Gasteiger partial charge in [-0.15, -0.1) is 0 Å². The molecule has 0 bridgehead atoms. The number of rotatable bonds is 5.